The van der Waals surface area contributed by atoms with Crippen molar-refractivity contribution < 1.29 is 4.39 Å². The van der Waals surface area contributed by atoms with E-state index in [-0.39, 0.29) is 11.9 Å². The lowest BCUT2D eigenvalue weighted by molar-refractivity contribution is 0.263. The van der Waals surface area contributed by atoms with Crippen LogP contribution in [0, 0.1) is 11.7 Å². The highest BCUT2D eigenvalue weighted by molar-refractivity contribution is 5.21. The Bertz CT molecular complexity index is 402. The molecule has 20 heavy (non-hydrogen) atoms. The van der Waals surface area contributed by atoms with Gasteiger partial charge in [-0.1, -0.05) is 31.0 Å². The van der Waals surface area contributed by atoms with E-state index in [4.69, 9.17) is 0 Å². The maximum atomic E-state index is 13.8. The number of benzene rings is 1. The number of rotatable bonds is 7. The summed E-state index contributed by atoms with van der Waals surface area (Å²) < 4.78 is 13.8. The lowest BCUT2D eigenvalue weighted by Gasteiger charge is -2.24. The zero-order valence-corrected chi connectivity index (χ0v) is 12.7. The summed E-state index contributed by atoms with van der Waals surface area (Å²) in [4.78, 5) is 2.40. The zero-order chi connectivity index (χ0) is 14.4. The Hall–Kier alpha value is -0.930. The van der Waals surface area contributed by atoms with Gasteiger partial charge in [0.1, 0.15) is 5.82 Å². The van der Waals surface area contributed by atoms with Gasteiger partial charge in [-0.25, -0.2) is 4.39 Å². The largest absolute Gasteiger partial charge is 0.313 e. The Morgan fingerprint density at radius 3 is 2.65 bits per heavy atom. The van der Waals surface area contributed by atoms with E-state index in [1.165, 1.54) is 32.2 Å². The lowest BCUT2D eigenvalue weighted by atomic mass is 10.0. The maximum absolute atomic E-state index is 13.8. The molecule has 2 rings (SSSR count). The molecule has 0 radical (unpaired) electrons. The number of nitrogens with one attached hydrogen (secondary N) is 1. The van der Waals surface area contributed by atoms with E-state index in [0.717, 1.165) is 24.4 Å². The Balaban J connectivity index is 1.82. The zero-order valence-electron chi connectivity index (χ0n) is 12.7. The van der Waals surface area contributed by atoms with E-state index in [1.54, 1.807) is 12.1 Å². The molecular formula is C17H27FN2. The topological polar surface area (TPSA) is 15.3 Å². The van der Waals surface area contributed by atoms with Crippen molar-refractivity contribution >= 4 is 0 Å². The highest BCUT2D eigenvalue weighted by Crippen LogP contribution is 2.26. The maximum Gasteiger partial charge on any atom is 0.127 e. The van der Waals surface area contributed by atoms with Gasteiger partial charge in [-0.05, 0) is 51.9 Å². The smallest absolute Gasteiger partial charge is 0.127 e. The lowest BCUT2D eigenvalue weighted by Crippen LogP contribution is -2.29. The van der Waals surface area contributed by atoms with Crippen LogP contribution in [0.1, 0.15) is 43.7 Å². The fraction of sp³-hybridized carbons (Fsp3) is 0.647. The average molecular weight is 278 g/mol. The van der Waals surface area contributed by atoms with Gasteiger partial charge in [-0.15, -0.1) is 0 Å². The summed E-state index contributed by atoms with van der Waals surface area (Å²) in [7, 11) is 4.10. The van der Waals surface area contributed by atoms with Crippen LogP contribution in [-0.2, 0) is 0 Å². The van der Waals surface area contributed by atoms with Crippen molar-refractivity contribution in [3.8, 4) is 0 Å². The third-order valence-corrected chi connectivity index (χ3v) is 4.47. The van der Waals surface area contributed by atoms with Crippen LogP contribution in [0.25, 0.3) is 0 Å². The van der Waals surface area contributed by atoms with Crippen molar-refractivity contribution in [2.75, 3.05) is 27.2 Å². The predicted octanol–water partition coefficient (Wildman–Crippen LogP) is 3.60. The first-order valence-electron chi connectivity index (χ1n) is 7.81. The fourth-order valence-corrected chi connectivity index (χ4v) is 3.29. The summed E-state index contributed by atoms with van der Waals surface area (Å²) in [6, 6.07) is 7.18. The number of nitrogens with zero attached hydrogens (tertiary/aromatic N) is 1. The van der Waals surface area contributed by atoms with Crippen LogP contribution >= 0.6 is 0 Å². The second kappa shape index (κ2) is 7.75. The van der Waals surface area contributed by atoms with Crippen LogP contribution in [0.4, 0.5) is 4.39 Å². The van der Waals surface area contributed by atoms with Gasteiger partial charge in [-0.2, -0.15) is 0 Å². The number of hydrogen-bond donors (Lipinski definition) is 1. The SMILES string of the molecule is CNC(CCN(C)CC1CCCC1)c1ccccc1F. The first-order valence-corrected chi connectivity index (χ1v) is 7.81. The van der Waals surface area contributed by atoms with Crippen molar-refractivity contribution in [2.45, 2.75) is 38.1 Å². The second-order valence-electron chi connectivity index (χ2n) is 6.06. The standard InChI is InChI=1S/C17H27FN2/c1-19-17(15-9-5-6-10-16(15)18)11-12-20(2)13-14-7-3-4-8-14/h5-6,9-10,14,17,19H,3-4,7-8,11-13H2,1-2H3. The van der Waals surface area contributed by atoms with Gasteiger partial charge in [0.2, 0.25) is 0 Å². The highest BCUT2D eigenvalue weighted by atomic mass is 19.1. The quantitative estimate of drug-likeness (QED) is 0.820. The minimum Gasteiger partial charge on any atom is -0.313 e. The minimum atomic E-state index is -0.106. The summed E-state index contributed by atoms with van der Waals surface area (Å²) in [5.41, 5.74) is 0.782. The summed E-state index contributed by atoms with van der Waals surface area (Å²) in [6.07, 6.45) is 6.50. The summed E-state index contributed by atoms with van der Waals surface area (Å²) in [6.45, 7) is 2.20. The third-order valence-electron chi connectivity index (χ3n) is 4.47. The molecule has 0 bridgehead atoms. The monoisotopic (exact) mass is 278 g/mol. The van der Waals surface area contributed by atoms with Crippen molar-refractivity contribution in [2.24, 2.45) is 5.92 Å². The molecule has 1 N–H and O–H groups in total. The van der Waals surface area contributed by atoms with Crippen LogP contribution in [0.2, 0.25) is 0 Å². The molecule has 1 unspecified atom stereocenters. The molecular weight excluding hydrogens is 251 g/mol. The molecule has 1 aromatic carbocycles. The van der Waals surface area contributed by atoms with Crippen LogP contribution in [0.3, 0.4) is 0 Å². The van der Waals surface area contributed by atoms with E-state index in [0.29, 0.717) is 0 Å². The molecule has 1 fully saturated rings. The molecule has 0 aliphatic heterocycles. The van der Waals surface area contributed by atoms with E-state index in [2.05, 4.69) is 17.3 Å². The van der Waals surface area contributed by atoms with Gasteiger partial charge in [-0.3, -0.25) is 0 Å². The molecule has 1 aliphatic carbocycles. The van der Waals surface area contributed by atoms with Crippen molar-refractivity contribution in [3.05, 3.63) is 35.6 Å². The molecule has 0 spiro atoms. The van der Waals surface area contributed by atoms with Gasteiger partial charge in [0.05, 0.1) is 0 Å². The summed E-state index contributed by atoms with van der Waals surface area (Å²) in [5, 5.41) is 3.24. The fourth-order valence-electron chi connectivity index (χ4n) is 3.29. The van der Waals surface area contributed by atoms with Gasteiger partial charge in [0.15, 0.2) is 0 Å². The predicted molar refractivity (Wildman–Crippen MR) is 82.3 cm³/mol. The Morgan fingerprint density at radius 2 is 2.00 bits per heavy atom. The first-order chi connectivity index (χ1) is 9.70. The molecule has 3 heteroatoms. The van der Waals surface area contributed by atoms with E-state index >= 15 is 0 Å². The van der Waals surface area contributed by atoms with Crippen LogP contribution in [0.5, 0.6) is 0 Å². The van der Waals surface area contributed by atoms with E-state index in [1.807, 2.05) is 19.2 Å². The van der Waals surface area contributed by atoms with Gasteiger partial charge in [0.25, 0.3) is 0 Å². The molecule has 1 aromatic rings. The molecule has 112 valence electrons. The van der Waals surface area contributed by atoms with Crippen LogP contribution in [-0.4, -0.2) is 32.1 Å². The van der Waals surface area contributed by atoms with Crippen molar-refractivity contribution in [1.29, 1.82) is 0 Å². The molecule has 0 aromatic heterocycles. The molecule has 2 nitrogen and oxygen atoms in total. The number of halogens is 1. The molecule has 1 aliphatic rings. The van der Waals surface area contributed by atoms with Crippen LogP contribution in [0.15, 0.2) is 24.3 Å². The molecule has 0 amide bonds. The summed E-state index contributed by atoms with van der Waals surface area (Å²) >= 11 is 0. The first kappa shape index (κ1) is 15.5. The van der Waals surface area contributed by atoms with E-state index < -0.39 is 0 Å². The molecule has 0 saturated heterocycles. The van der Waals surface area contributed by atoms with Gasteiger partial charge in [0, 0.05) is 18.2 Å². The Morgan fingerprint density at radius 1 is 1.30 bits per heavy atom. The third kappa shape index (κ3) is 4.29. The number of hydrogen-bond acceptors (Lipinski definition) is 2. The molecule has 0 heterocycles. The van der Waals surface area contributed by atoms with E-state index in [9.17, 15) is 4.39 Å². The van der Waals surface area contributed by atoms with Crippen molar-refractivity contribution in [1.82, 2.24) is 10.2 Å². The van der Waals surface area contributed by atoms with Crippen molar-refractivity contribution in [3.63, 3.8) is 0 Å². The second-order valence-corrected chi connectivity index (χ2v) is 6.06. The molecule has 1 saturated carbocycles. The summed E-state index contributed by atoms with van der Waals surface area (Å²) in [5.74, 6) is 0.770. The normalized spacial score (nSPS) is 17.8. The van der Waals surface area contributed by atoms with Gasteiger partial charge >= 0.3 is 0 Å². The van der Waals surface area contributed by atoms with Gasteiger partial charge < -0.3 is 10.2 Å². The minimum absolute atomic E-state index is 0.0993. The van der Waals surface area contributed by atoms with Crippen LogP contribution < -0.4 is 5.32 Å². The highest BCUT2D eigenvalue weighted by Gasteiger charge is 2.18. The Labute approximate surface area is 122 Å². The average Bonchev–Trinajstić information content (AvgIpc) is 2.94. The Kier molecular flexibility index (Phi) is 5.99. The molecule has 1 atom stereocenters.